The summed E-state index contributed by atoms with van der Waals surface area (Å²) in [5.74, 6) is -0.115. The van der Waals surface area contributed by atoms with Gasteiger partial charge in [-0.25, -0.2) is 0 Å². The van der Waals surface area contributed by atoms with E-state index in [0.29, 0.717) is 41.3 Å². The lowest BCUT2D eigenvalue weighted by Gasteiger charge is -2.18. The minimum atomic E-state index is -0.518. The van der Waals surface area contributed by atoms with Crippen LogP contribution >= 0.6 is 23.4 Å². The highest BCUT2D eigenvalue weighted by molar-refractivity contribution is 8.18. The summed E-state index contributed by atoms with van der Waals surface area (Å²) in [4.78, 5) is 40.5. The van der Waals surface area contributed by atoms with E-state index in [-0.39, 0.29) is 29.0 Å². The van der Waals surface area contributed by atoms with E-state index < -0.39 is 11.1 Å². The van der Waals surface area contributed by atoms with Crippen LogP contribution in [0.4, 0.5) is 4.79 Å². The fourth-order valence-corrected chi connectivity index (χ4v) is 4.97. The number of benzene rings is 2. The first-order chi connectivity index (χ1) is 16.9. The van der Waals surface area contributed by atoms with Gasteiger partial charge in [0.2, 0.25) is 5.91 Å². The number of carbonyl (C=O) groups excluding carboxylic acids is 3. The molecule has 35 heavy (non-hydrogen) atoms. The maximum absolute atomic E-state index is 12.8. The molecule has 2 aromatic carbocycles. The molecule has 0 aromatic heterocycles. The van der Waals surface area contributed by atoms with Gasteiger partial charge in [-0.05, 0) is 54.4 Å². The van der Waals surface area contributed by atoms with Crippen molar-refractivity contribution in [2.24, 2.45) is 0 Å². The molecule has 0 atom stereocenters. The molecule has 0 unspecified atom stereocenters. The summed E-state index contributed by atoms with van der Waals surface area (Å²) in [7, 11) is 1.46. The summed E-state index contributed by atoms with van der Waals surface area (Å²) in [5, 5.41) is 9.03. The van der Waals surface area contributed by atoms with E-state index >= 15 is 0 Å². The van der Waals surface area contributed by atoms with E-state index in [9.17, 15) is 19.6 Å². The Morgan fingerprint density at radius 3 is 2.69 bits per heavy atom. The van der Waals surface area contributed by atoms with E-state index in [0.717, 1.165) is 29.5 Å². The van der Waals surface area contributed by atoms with Crippen LogP contribution in [-0.4, -0.2) is 53.6 Å². The second kappa shape index (κ2) is 10.8. The van der Waals surface area contributed by atoms with Gasteiger partial charge in [-0.1, -0.05) is 29.8 Å². The number of likely N-dealkylation sites (tertiary alicyclic amines) is 1. The zero-order valence-corrected chi connectivity index (χ0v) is 20.5. The topological polar surface area (TPSA) is 99.9 Å². The Kier molecular flexibility index (Phi) is 7.63. The molecule has 10 heteroatoms. The second-order valence-electron chi connectivity index (χ2n) is 7.95. The molecule has 0 spiro atoms. The standard InChI is InChI=1S/C25H22ClN3O5S/c1-33-20-11-16(10-19(26)23(20)34-15-18-7-3-2-6-17(18)13-27)12-21-24(31)29(25(32)35-21)14-22(30)28-8-4-5-9-28/h2-3,6-7,10-12H,4-5,8-9,14-15H2,1H3/b21-12-. The van der Waals surface area contributed by atoms with E-state index in [1.54, 1.807) is 35.2 Å². The zero-order valence-electron chi connectivity index (χ0n) is 19.0. The lowest BCUT2D eigenvalue weighted by Crippen LogP contribution is -2.40. The maximum atomic E-state index is 12.8. The molecule has 180 valence electrons. The lowest BCUT2D eigenvalue weighted by atomic mass is 10.1. The summed E-state index contributed by atoms with van der Waals surface area (Å²) >= 11 is 7.23. The summed E-state index contributed by atoms with van der Waals surface area (Å²) < 4.78 is 11.3. The van der Waals surface area contributed by atoms with Crippen molar-refractivity contribution in [1.29, 1.82) is 5.26 Å². The van der Waals surface area contributed by atoms with Crippen molar-refractivity contribution in [2.45, 2.75) is 19.4 Å². The van der Waals surface area contributed by atoms with Gasteiger partial charge in [0.1, 0.15) is 13.2 Å². The Bertz CT molecular complexity index is 1250. The molecule has 2 heterocycles. The molecule has 2 aliphatic rings. The van der Waals surface area contributed by atoms with Crippen molar-refractivity contribution >= 4 is 46.5 Å². The monoisotopic (exact) mass is 511 g/mol. The minimum Gasteiger partial charge on any atom is -0.493 e. The number of imide groups is 1. The van der Waals surface area contributed by atoms with Crippen molar-refractivity contribution in [3.63, 3.8) is 0 Å². The average molecular weight is 512 g/mol. The van der Waals surface area contributed by atoms with Gasteiger partial charge in [-0.15, -0.1) is 0 Å². The van der Waals surface area contributed by atoms with Gasteiger partial charge >= 0.3 is 0 Å². The highest BCUT2D eigenvalue weighted by atomic mass is 35.5. The van der Waals surface area contributed by atoms with Gasteiger partial charge in [0.15, 0.2) is 11.5 Å². The van der Waals surface area contributed by atoms with Crippen LogP contribution in [0.1, 0.15) is 29.5 Å². The van der Waals surface area contributed by atoms with Crippen LogP contribution in [0.15, 0.2) is 41.3 Å². The SMILES string of the molecule is COc1cc(/C=C2\SC(=O)N(CC(=O)N3CCCC3)C2=O)cc(Cl)c1OCc1ccccc1C#N. The Morgan fingerprint density at radius 2 is 1.97 bits per heavy atom. The van der Waals surface area contributed by atoms with Crippen LogP contribution in [-0.2, 0) is 16.2 Å². The number of hydrogen-bond donors (Lipinski definition) is 0. The molecule has 0 N–H and O–H groups in total. The number of halogens is 1. The van der Waals surface area contributed by atoms with Gasteiger partial charge in [-0.2, -0.15) is 5.26 Å². The van der Waals surface area contributed by atoms with Crippen molar-refractivity contribution in [3.8, 4) is 17.6 Å². The molecule has 2 aromatic rings. The third-order valence-corrected chi connectivity index (χ3v) is 6.87. The summed E-state index contributed by atoms with van der Waals surface area (Å²) in [6.45, 7) is 1.16. The van der Waals surface area contributed by atoms with Crippen molar-refractivity contribution < 1.29 is 23.9 Å². The maximum Gasteiger partial charge on any atom is 0.294 e. The normalized spacial score (nSPS) is 16.7. The predicted molar refractivity (Wildman–Crippen MR) is 132 cm³/mol. The Morgan fingerprint density at radius 1 is 1.23 bits per heavy atom. The fourth-order valence-electron chi connectivity index (χ4n) is 3.86. The van der Waals surface area contributed by atoms with Gasteiger partial charge in [-0.3, -0.25) is 19.3 Å². The molecule has 0 aliphatic carbocycles. The van der Waals surface area contributed by atoms with Crippen LogP contribution in [0, 0.1) is 11.3 Å². The highest BCUT2D eigenvalue weighted by Crippen LogP contribution is 2.39. The Labute approximate surface area is 212 Å². The molecule has 2 fully saturated rings. The number of nitriles is 1. The molecule has 4 rings (SSSR count). The van der Waals surface area contributed by atoms with Crippen LogP contribution in [0.2, 0.25) is 5.02 Å². The van der Waals surface area contributed by atoms with E-state index in [2.05, 4.69) is 6.07 Å². The number of carbonyl (C=O) groups is 3. The number of rotatable bonds is 7. The summed E-state index contributed by atoms with van der Waals surface area (Å²) in [5.41, 5.74) is 1.74. The smallest absolute Gasteiger partial charge is 0.294 e. The van der Waals surface area contributed by atoms with E-state index in [4.69, 9.17) is 21.1 Å². The molecule has 2 aliphatic heterocycles. The van der Waals surface area contributed by atoms with Crippen molar-refractivity contribution in [3.05, 3.63) is 63.0 Å². The first-order valence-corrected chi connectivity index (χ1v) is 12.1. The molecule has 3 amide bonds. The highest BCUT2D eigenvalue weighted by Gasteiger charge is 2.37. The average Bonchev–Trinajstić information content (AvgIpc) is 3.48. The Balaban J connectivity index is 1.51. The summed E-state index contributed by atoms with van der Waals surface area (Å²) in [6, 6.07) is 12.4. The number of methoxy groups -OCH3 is 1. The third-order valence-electron chi connectivity index (χ3n) is 5.69. The van der Waals surface area contributed by atoms with Gasteiger partial charge in [0.05, 0.1) is 28.7 Å². The lowest BCUT2D eigenvalue weighted by molar-refractivity contribution is -0.135. The zero-order chi connectivity index (χ0) is 24.9. The minimum absolute atomic E-state index is 0.114. The van der Waals surface area contributed by atoms with E-state index in [1.165, 1.54) is 13.2 Å². The first kappa shape index (κ1) is 24.6. The van der Waals surface area contributed by atoms with Crippen LogP contribution in [0.5, 0.6) is 11.5 Å². The third kappa shape index (κ3) is 5.45. The number of nitrogens with zero attached hydrogens (tertiary/aromatic N) is 3. The largest absolute Gasteiger partial charge is 0.493 e. The van der Waals surface area contributed by atoms with Gasteiger partial charge in [0.25, 0.3) is 11.1 Å². The van der Waals surface area contributed by atoms with Crippen LogP contribution in [0.3, 0.4) is 0 Å². The van der Waals surface area contributed by atoms with Crippen molar-refractivity contribution in [1.82, 2.24) is 9.80 Å². The van der Waals surface area contributed by atoms with Gasteiger partial charge in [0, 0.05) is 18.7 Å². The molecule has 0 saturated carbocycles. The van der Waals surface area contributed by atoms with E-state index in [1.807, 2.05) is 6.07 Å². The molecular formula is C25H22ClN3O5S. The fraction of sp³-hybridized carbons (Fsp3) is 0.280. The number of thioether (sulfide) groups is 1. The number of amides is 3. The molecule has 0 radical (unpaired) electrons. The number of ether oxygens (including phenoxy) is 2. The number of hydrogen-bond acceptors (Lipinski definition) is 7. The molecule has 8 nitrogen and oxygen atoms in total. The quantitative estimate of drug-likeness (QED) is 0.506. The summed E-state index contributed by atoms with van der Waals surface area (Å²) in [6.07, 6.45) is 3.40. The van der Waals surface area contributed by atoms with Crippen LogP contribution in [0.25, 0.3) is 6.08 Å². The first-order valence-electron chi connectivity index (χ1n) is 10.9. The van der Waals surface area contributed by atoms with Crippen molar-refractivity contribution in [2.75, 3.05) is 26.7 Å². The molecule has 0 bridgehead atoms. The van der Waals surface area contributed by atoms with Crippen LogP contribution < -0.4 is 9.47 Å². The predicted octanol–water partition coefficient (Wildman–Crippen LogP) is 4.46. The molecule has 2 saturated heterocycles. The Hall–Kier alpha value is -3.48. The second-order valence-corrected chi connectivity index (χ2v) is 9.35. The molecular weight excluding hydrogens is 490 g/mol. The van der Waals surface area contributed by atoms with Gasteiger partial charge < -0.3 is 14.4 Å².